The summed E-state index contributed by atoms with van der Waals surface area (Å²) in [6, 6.07) is 3.91. The molecule has 0 unspecified atom stereocenters. The fourth-order valence-electron chi connectivity index (χ4n) is 3.43. The van der Waals surface area contributed by atoms with Crippen molar-refractivity contribution in [2.45, 2.75) is 26.7 Å². The Balaban J connectivity index is 0.000000245. The van der Waals surface area contributed by atoms with Gasteiger partial charge in [0, 0.05) is 30.7 Å². The van der Waals surface area contributed by atoms with Crippen LogP contribution in [0.4, 0.5) is 0 Å². The first-order valence-electron chi connectivity index (χ1n) is 10.4. The molecule has 190 valence electrons. The topological polar surface area (TPSA) is 127 Å². The lowest BCUT2D eigenvalue weighted by atomic mass is 10.1. The lowest BCUT2D eigenvalue weighted by Crippen LogP contribution is -2.30. The Bertz CT molecular complexity index is 1110. The number of ether oxygens (including phenoxy) is 1. The quantitative estimate of drug-likeness (QED) is 0.416. The second-order valence-corrected chi connectivity index (χ2v) is 14.5. The van der Waals surface area contributed by atoms with Crippen LogP contribution in [0.1, 0.15) is 24.0 Å². The zero-order valence-corrected chi connectivity index (χ0v) is 23.0. The molecule has 2 aliphatic heterocycles. The highest BCUT2D eigenvalue weighted by Gasteiger charge is 2.28. The standard InChI is InChI=1S/C13H18BrNO3S.C6H13NO5S2/c1-10-8-12(9-11(2)13(10)14)18-6-5-15-4-3-7-19(15,16)17;1-13(8,9)12-5-4-7-3-2-6-14(7,10)11/h8-9H,3-7H2,1-2H3;2-6H2,1H3. The molecule has 1 aromatic carbocycles. The van der Waals surface area contributed by atoms with Crippen molar-refractivity contribution in [1.29, 1.82) is 0 Å². The van der Waals surface area contributed by atoms with Gasteiger partial charge in [-0.15, -0.1) is 0 Å². The molecule has 1 aromatic rings. The highest BCUT2D eigenvalue weighted by molar-refractivity contribution is 9.10. The van der Waals surface area contributed by atoms with Crippen molar-refractivity contribution < 1.29 is 34.2 Å². The number of rotatable bonds is 8. The second-order valence-electron chi connectivity index (χ2n) is 7.88. The predicted molar refractivity (Wildman–Crippen MR) is 130 cm³/mol. The molecule has 0 saturated carbocycles. The zero-order valence-electron chi connectivity index (χ0n) is 19.0. The summed E-state index contributed by atoms with van der Waals surface area (Å²) in [6.45, 7) is 5.90. The summed E-state index contributed by atoms with van der Waals surface area (Å²) in [6.07, 6.45) is 2.26. The average Bonchev–Trinajstić information content (AvgIpc) is 3.20. The Hall–Kier alpha value is -0.770. The molecule has 2 fully saturated rings. The molecule has 2 aliphatic rings. The van der Waals surface area contributed by atoms with Crippen LogP contribution in [0, 0.1) is 13.8 Å². The lowest BCUT2D eigenvalue weighted by molar-refractivity contribution is 0.279. The molecule has 0 aromatic heterocycles. The first-order chi connectivity index (χ1) is 15.2. The minimum absolute atomic E-state index is 0.107. The van der Waals surface area contributed by atoms with E-state index in [9.17, 15) is 25.3 Å². The first-order valence-corrected chi connectivity index (χ1v) is 16.2. The summed E-state index contributed by atoms with van der Waals surface area (Å²) in [5.41, 5.74) is 2.23. The van der Waals surface area contributed by atoms with E-state index in [0.29, 0.717) is 32.7 Å². The molecule has 0 radical (unpaired) electrons. The van der Waals surface area contributed by atoms with Gasteiger partial charge >= 0.3 is 0 Å². The van der Waals surface area contributed by atoms with Crippen molar-refractivity contribution in [3.63, 3.8) is 0 Å². The molecule has 0 aliphatic carbocycles. The third-order valence-electron chi connectivity index (χ3n) is 5.06. The Labute approximate surface area is 205 Å². The number of benzene rings is 1. The molecule has 0 atom stereocenters. The van der Waals surface area contributed by atoms with Crippen LogP contribution in [-0.4, -0.2) is 91.0 Å². The van der Waals surface area contributed by atoms with Crippen molar-refractivity contribution in [2.24, 2.45) is 0 Å². The number of hydrogen-bond acceptors (Lipinski definition) is 8. The number of halogens is 1. The van der Waals surface area contributed by atoms with Gasteiger partial charge in [-0.25, -0.2) is 16.8 Å². The van der Waals surface area contributed by atoms with Crippen molar-refractivity contribution in [3.05, 3.63) is 27.7 Å². The summed E-state index contributed by atoms with van der Waals surface area (Å²) >= 11 is 3.51. The van der Waals surface area contributed by atoms with E-state index in [1.54, 1.807) is 0 Å². The van der Waals surface area contributed by atoms with E-state index in [-0.39, 0.29) is 24.7 Å². The maximum atomic E-state index is 11.6. The van der Waals surface area contributed by atoms with Gasteiger partial charge in [-0.05, 0) is 49.9 Å². The smallest absolute Gasteiger partial charge is 0.264 e. The van der Waals surface area contributed by atoms with Crippen LogP contribution in [0.25, 0.3) is 0 Å². The molecule has 33 heavy (non-hydrogen) atoms. The maximum absolute atomic E-state index is 11.6. The number of sulfonamides is 2. The Kier molecular flexibility index (Phi) is 10.2. The normalized spacial score (nSPS) is 20.4. The molecule has 2 heterocycles. The van der Waals surface area contributed by atoms with E-state index in [1.165, 1.54) is 8.61 Å². The van der Waals surface area contributed by atoms with Gasteiger partial charge < -0.3 is 4.74 Å². The third kappa shape index (κ3) is 9.07. The van der Waals surface area contributed by atoms with Crippen molar-refractivity contribution in [1.82, 2.24) is 8.61 Å². The van der Waals surface area contributed by atoms with Gasteiger partial charge in [0.2, 0.25) is 20.0 Å². The Morgan fingerprint density at radius 3 is 1.76 bits per heavy atom. The van der Waals surface area contributed by atoms with Crippen LogP contribution in [0.15, 0.2) is 16.6 Å². The van der Waals surface area contributed by atoms with E-state index >= 15 is 0 Å². The molecular formula is C19H31BrN2O8S3. The van der Waals surface area contributed by atoms with Gasteiger partial charge in [0.1, 0.15) is 12.4 Å². The first kappa shape index (κ1) is 28.5. The van der Waals surface area contributed by atoms with Crippen LogP contribution < -0.4 is 4.74 Å². The van der Waals surface area contributed by atoms with Crippen LogP contribution in [0.2, 0.25) is 0 Å². The molecule has 0 bridgehead atoms. The van der Waals surface area contributed by atoms with Gasteiger partial charge in [-0.2, -0.15) is 17.0 Å². The van der Waals surface area contributed by atoms with Crippen molar-refractivity contribution >= 4 is 46.1 Å². The molecule has 10 nitrogen and oxygen atoms in total. The molecule has 14 heteroatoms. The lowest BCUT2D eigenvalue weighted by Gasteiger charge is -2.15. The van der Waals surface area contributed by atoms with E-state index in [1.807, 2.05) is 26.0 Å². The molecular weight excluding hydrogens is 560 g/mol. The SMILES string of the molecule is CS(=O)(=O)OCCN1CCCS1(=O)=O.Cc1cc(OCCN2CCCS2(=O)=O)cc(C)c1Br. The van der Waals surface area contributed by atoms with Gasteiger partial charge in [0.15, 0.2) is 0 Å². The van der Waals surface area contributed by atoms with Gasteiger partial charge in [0.05, 0.1) is 24.4 Å². The predicted octanol–water partition coefficient (Wildman–Crippen LogP) is 1.48. The van der Waals surface area contributed by atoms with Crippen LogP contribution in [0.3, 0.4) is 0 Å². The summed E-state index contributed by atoms with van der Waals surface area (Å²) in [5.74, 6) is 1.20. The summed E-state index contributed by atoms with van der Waals surface area (Å²) in [4.78, 5) is 0. The average molecular weight is 592 g/mol. The number of hydrogen-bond donors (Lipinski definition) is 0. The fourth-order valence-corrected chi connectivity index (χ4v) is 7.06. The monoisotopic (exact) mass is 590 g/mol. The minimum atomic E-state index is -3.47. The highest BCUT2D eigenvalue weighted by atomic mass is 79.9. The molecule has 2 saturated heterocycles. The summed E-state index contributed by atoms with van der Waals surface area (Å²) in [7, 11) is -9.64. The maximum Gasteiger partial charge on any atom is 0.264 e. The molecule has 3 rings (SSSR count). The van der Waals surface area contributed by atoms with E-state index in [2.05, 4.69) is 20.1 Å². The number of aryl methyl sites for hydroxylation is 2. The number of nitrogens with zero attached hydrogens (tertiary/aromatic N) is 2. The zero-order chi connectivity index (χ0) is 24.9. The van der Waals surface area contributed by atoms with Crippen LogP contribution >= 0.6 is 15.9 Å². The van der Waals surface area contributed by atoms with Crippen LogP contribution in [0.5, 0.6) is 5.75 Å². The highest BCUT2D eigenvalue weighted by Crippen LogP contribution is 2.26. The van der Waals surface area contributed by atoms with Crippen molar-refractivity contribution in [2.75, 3.05) is 57.2 Å². The molecule has 0 N–H and O–H groups in total. The van der Waals surface area contributed by atoms with Gasteiger partial charge in [-0.1, -0.05) is 15.9 Å². The largest absolute Gasteiger partial charge is 0.492 e. The molecule has 0 spiro atoms. The Morgan fingerprint density at radius 1 is 0.909 bits per heavy atom. The van der Waals surface area contributed by atoms with E-state index in [4.69, 9.17) is 4.74 Å². The minimum Gasteiger partial charge on any atom is -0.492 e. The van der Waals surface area contributed by atoms with Gasteiger partial charge in [0.25, 0.3) is 10.1 Å². The van der Waals surface area contributed by atoms with Crippen molar-refractivity contribution in [3.8, 4) is 5.75 Å². The fraction of sp³-hybridized carbons (Fsp3) is 0.684. The summed E-state index contributed by atoms with van der Waals surface area (Å²) in [5, 5.41) is 0. The third-order valence-corrected chi connectivity index (χ3v) is 10.8. The molecule has 0 amide bonds. The van der Waals surface area contributed by atoms with Crippen LogP contribution in [-0.2, 0) is 34.3 Å². The summed E-state index contributed by atoms with van der Waals surface area (Å²) < 4.78 is 80.8. The van der Waals surface area contributed by atoms with Gasteiger partial charge in [-0.3, -0.25) is 4.18 Å². The van der Waals surface area contributed by atoms with E-state index < -0.39 is 30.2 Å². The van der Waals surface area contributed by atoms with E-state index in [0.717, 1.165) is 34.0 Å². The second kappa shape index (κ2) is 11.8. The Morgan fingerprint density at radius 2 is 1.36 bits per heavy atom.